The van der Waals surface area contributed by atoms with E-state index in [1.807, 2.05) is 29.4 Å². The smallest absolute Gasteiger partial charge is 0.338 e. The van der Waals surface area contributed by atoms with Crippen LogP contribution >= 0.6 is 27.3 Å². The molecule has 0 saturated carbocycles. The van der Waals surface area contributed by atoms with Gasteiger partial charge in [-0.1, -0.05) is 34.1 Å². The molecule has 1 saturated heterocycles. The van der Waals surface area contributed by atoms with E-state index < -0.39 is 24.0 Å². The highest BCUT2D eigenvalue weighted by Gasteiger charge is 2.37. The topological polar surface area (TPSA) is 66.8 Å². The monoisotopic (exact) mass is 550 g/mol. The number of amidine groups is 1. The fourth-order valence-corrected chi connectivity index (χ4v) is 5.37. The number of aromatic nitrogens is 1. The number of benzene rings is 1. The van der Waals surface area contributed by atoms with Crippen molar-refractivity contribution >= 4 is 39.1 Å². The number of halogens is 3. The number of alkyl halides is 1. The van der Waals surface area contributed by atoms with Crippen molar-refractivity contribution in [2.75, 3.05) is 26.2 Å². The Hall–Kier alpha value is -2.43. The van der Waals surface area contributed by atoms with Gasteiger partial charge >= 0.3 is 5.97 Å². The molecule has 0 radical (unpaired) electrons. The van der Waals surface area contributed by atoms with Gasteiger partial charge in [0.25, 0.3) is 0 Å². The van der Waals surface area contributed by atoms with Crippen LogP contribution in [0.5, 0.6) is 0 Å². The summed E-state index contributed by atoms with van der Waals surface area (Å²) in [6.07, 6.45) is 4.42. The first kappa shape index (κ1) is 24.7. The SMILES string of the molecule is C/C=C/C1CN(CC2=C(C(=O)OCC)[C@H](c3ccc(F)cc3Br)N=C(c3nccs3)N2)CC1F. The number of nitrogens with zero attached hydrogens (tertiary/aromatic N) is 3. The molecule has 1 aromatic heterocycles. The Labute approximate surface area is 209 Å². The van der Waals surface area contributed by atoms with Crippen molar-refractivity contribution < 1.29 is 18.3 Å². The molecule has 1 aromatic carbocycles. The normalized spacial score (nSPS) is 23.3. The third-order valence-corrected chi connectivity index (χ3v) is 7.17. The Morgan fingerprint density at radius 2 is 2.24 bits per heavy atom. The van der Waals surface area contributed by atoms with E-state index in [0.717, 1.165) is 0 Å². The van der Waals surface area contributed by atoms with Crippen LogP contribution in [-0.2, 0) is 9.53 Å². The molecule has 3 atom stereocenters. The molecule has 10 heteroatoms. The second-order valence-corrected chi connectivity index (χ2v) is 9.77. The molecule has 1 N–H and O–H groups in total. The first-order valence-electron chi connectivity index (χ1n) is 11.0. The third-order valence-electron chi connectivity index (χ3n) is 5.70. The Morgan fingerprint density at radius 1 is 1.41 bits per heavy atom. The number of esters is 1. The van der Waals surface area contributed by atoms with Crippen LogP contribution in [0.3, 0.4) is 0 Å². The second kappa shape index (κ2) is 10.9. The lowest BCUT2D eigenvalue weighted by atomic mass is 9.95. The molecule has 6 nitrogen and oxygen atoms in total. The summed E-state index contributed by atoms with van der Waals surface area (Å²) in [5.41, 5.74) is 1.52. The number of likely N-dealkylation sites (tertiary alicyclic amines) is 1. The molecular weight excluding hydrogens is 526 g/mol. The summed E-state index contributed by atoms with van der Waals surface area (Å²) in [5.74, 6) is -0.625. The molecule has 2 unspecified atom stereocenters. The van der Waals surface area contributed by atoms with Crippen LogP contribution in [0.15, 0.2) is 62.7 Å². The van der Waals surface area contributed by atoms with Crippen LogP contribution in [0.4, 0.5) is 8.78 Å². The van der Waals surface area contributed by atoms with Gasteiger partial charge in [0.1, 0.15) is 18.0 Å². The van der Waals surface area contributed by atoms with E-state index in [4.69, 9.17) is 9.73 Å². The molecule has 34 heavy (non-hydrogen) atoms. The predicted octanol–water partition coefficient (Wildman–Crippen LogP) is 4.80. The molecule has 4 rings (SSSR count). The first-order valence-corrected chi connectivity index (χ1v) is 12.7. The summed E-state index contributed by atoms with van der Waals surface area (Å²) in [6.45, 7) is 4.89. The zero-order valence-corrected chi connectivity index (χ0v) is 21.2. The molecule has 1 fully saturated rings. The summed E-state index contributed by atoms with van der Waals surface area (Å²) in [7, 11) is 0. The number of nitrogens with one attached hydrogen (secondary N) is 1. The molecule has 0 aliphatic carbocycles. The third kappa shape index (κ3) is 5.29. The number of thiazole rings is 1. The highest BCUT2D eigenvalue weighted by molar-refractivity contribution is 9.10. The zero-order chi connectivity index (χ0) is 24.2. The molecule has 3 heterocycles. The lowest BCUT2D eigenvalue weighted by Crippen LogP contribution is -2.39. The minimum atomic E-state index is -0.986. The van der Waals surface area contributed by atoms with Gasteiger partial charge in [0.2, 0.25) is 0 Å². The van der Waals surface area contributed by atoms with E-state index >= 15 is 0 Å². The highest BCUT2D eigenvalue weighted by Crippen LogP contribution is 2.37. The summed E-state index contributed by atoms with van der Waals surface area (Å²) in [5, 5.41) is 5.76. The van der Waals surface area contributed by atoms with Crippen LogP contribution in [-0.4, -0.2) is 54.1 Å². The van der Waals surface area contributed by atoms with Gasteiger partial charge in [-0.15, -0.1) is 11.3 Å². The van der Waals surface area contributed by atoms with Gasteiger partial charge in [0.15, 0.2) is 10.8 Å². The Balaban J connectivity index is 1.78. The number of carbonyl (C=O) groups is 1. The number of hydrogen-bond acceptors (Lipinski definition) is 7. The predicted molar refractivity (Wildman–Crippen MR) is 132 cm³/mol. The maximum atomic E-state index is 14.6. The van der Waals surface area contributed by atoms with Crippen LogP contribution in [0.2, 0.25) is 0 Å². The lowest BCUT2D eigenvalue weighted by Gasteiger charge is -2.29. The number of ether oxygens (including phenoxy) is 1. The van der Waals surface area contributed by atoms with Crippen LogP contribution in [0.25, 0.3) is 0 Å². The minimum Gasteiger partial charge on any atom is -0.463 e. The van der Waals surface area contributed by atoms with Crippen molar-refractivity contribution in [3.63, 3.8) is 0 Å². The molecule has 2 aliphatic heterocycles. The standard InChI is InChI=1S/C24H25BrF2N4O2S/c1-3-5-14-11-31(12-18(14)27)13-19-20(24(32)33-4-2)21(16-7-6-15(26)10-17(16)25)30-22(29-19)23-28-8-9-34-23/h3,5-10,14,18,21H,4,11-13H2,1-2H3,(H,29,30)/b5-3+/t14?,18?,21-/m0/s1. The fraction of sp³-hybridized carbons (Fsp3) is 0.375. The van der Waals surface area contributed by atoms with E-state index in [-0.39, 0.29) is 19.1 Å². The number of hydrogen-bond donors (Lipinski definition) is 1. The zero-order valence-electron chi connectivity index (χ0n) is 18.8. The quantitative estimate of drug-likeness (QED) is 0.396. The van der Waals surface area contributed by atoms with Crippen molar-refractivity contribution in [2.24, 2.45) is 10.9 Å². The summed E-state index contributed by atoms with van der Waals surface area (Å²) in [6, 6.07) is 3.53. The number of allylic oxidation sites excluding steroid dienone is 1. The Kier molecular flexibility index (Phi) is 7.90. The van der Waals surface area contributed by atoms with Gasteiger partial charge in [0.05, 0.1) is 12.2 Å². The molecule has 2 aromatic rings. The molecule has 0 spiro atoms. The van der Waals surface area contributed by atoms with Crippen LogP contribution in [0.1, 0.15) is 30.5 Å². The minimum absolute atomic E-state index is 0.190. The highest BCUT2D eigenvalue weighted by atomic mass is 79.9. The van der Waals surface area contributed by atoms with Gasteiger partial charge in [-0.3, -0.25) is 9.89 Å². The second-order valence-electron chi connectivity index (χ2n) is 8.02. The van der Waals surface area contributed by atoms with Crippen molar-refractivity contribution in [2.45, 2.75) is 26.1 Å². The van der Waals surface area contributed by atoms with Gasteiger partial charge in [-0.05, 0) is 31.5 Å². The van der Waals surface area contributed by atoms with Gasteiger partial charge < -0.3 is 10.1 Å². The Bertz CT molecular complexity index is 1140. The lowest BCUT2D eigenvalue weighted by molar-refractivity contribution is -0.139. The van der Waals surface area contributed by atoms with Crippen molar-refractivity contribution in [3.8, 4) is 0 Å². The molecule has 0 bridgehead atoms. The van der Waals surface area contributed by atoms with Gasteiger partial charge in [0, 0.05) is 47.3 Å². The van der Waals surface area contributed by atoms with Crippen LogP contribution in [0, 0.1) is 11.7 Å². The van der Waals surface area contributed by atoms with Crippen molar-refractivity contribution in [3.05, 3.63) is 74.1 Å². The number of carbonyl (C=O) groups excluding carboxylic acids is 1. The average Bonchev–Trinajstić information content (AvgIpc) is 3.44. The maximum Gasteiger partial charge on any atom is 0.338 e. The van der Waals surface area contributed by atoms with Gasteiger partial charge in [-0.25, -0.2) is 18.6 Å². The maximum absolute atomic E-state index is 14.6. The fourth-order valence-electron chi connectivity index (χ4n) is 4.22. The molecule has 2 aliphatic rings. The summed E-state index contributed by atoms with van der Waals surface area (Å²) in [4.78, 5) is 24.3. The van der Waals surface area contributed by atoms with E-state index in [1.165, 1.54) is 23.5 Å². The Morgan fingerprint density at radius 3 is 2.91 bits per heavy atom. The summed E-state index contributed by atoms with van der Waals surface area (Å²) >= 11 is 4.83. The van der Waals surface area contributed by atoms with Crippen molar-refractivity contribution in [1.82, 2.24) is 15.2 Å². The van der Waals surface area contributed by atoms with E-state index in [1.54, 1.807) is 19.2 Å². The average molecular weight is 551 g/mol. The molecular formula is C24H25BrF2N4O2S. The van der Waals surface area contributed by atoms with Crippen molar-refractivity contribution in [1.29, 1.82) is 0 Å². The van der Waals surface area contributed by atoms with E-state index in [2.05, 4.69) is 26.2 Å². The number of aliphatic imine (C=N–C) groups is 1. The number of rotatable bonds is 7. The van der Waals surface area contributed by atoms with E-state index in [0.29, 0.717) is 45.2 Å². The largest absolute Gasteiger partial charge is 0.463 e. The molecule has 0 amide bonds. The summed E-state index contributed by atoms with van der Waals surface area (Å²) < 4.78 is 34.3. The first-order chi connectivity index (χ1) is 16.4. The van der Waals surface area contributed by atoms with Gasteiger partial charge in [-0.2, -0.15) is 0 Å². The van der Waals surface area contributed by atoms with Crippen LogP contribution < -0.4 is 5.32 Å². The van der Waals surface area contributed by atoms with E-state index in [9.17, 15) is 13.6 Å². The molecule has 180 valence electrons.